The van der Waals surface area contributed by atoms with Gasteiger partial charge in [0.25, 0.3) is 0 Å². The Labute approximate surface area is 160 Å². The van der Waals surface area contributed by atoms with E-state index in [1.807, 2.05) is 24.3 Å². The van der Waals surface area contributed by atoms with E-state index in [2.05, 4.69) is 5.18 Å². The van der Waals surface area contributed by atoms with Gasteiger partial charge in [-0.1, -0.05) is 48.0 Å². The van der Waals surface area contributed by atoms with E-state index < -0.39 is 5.92 Å². The molecule has 1 aromatic rings. The lowest BCUT2D eigenvalue weighted by Crippen LogP contribution is -2.14. The molecule has 0 heterocycles. The van der Waals surface area contributed by atoms with E-state index in [-0.39, 0.29) is 11.8 Å². The number of carbonyl (C=O) groups excluding carboxylic acids is 2. The van der Waals surface area contributed by atoms with Crippen LogP contribution in [0.3, 0.4) is 0 Å². The number of carbonyl (C=O) groups is 2. The van der Waals surface area contributed by atoms with Crippen LogP contribution in [0.25, 0.3) is 0 Å². The molecule has 2 rings (SSSR count). The second kappa shape index (κ2) is 11.2. The molecule has 1 unspecified atom stereocenters. The number of rotatable bonds is 11. The number of ether oxygens (including phenoxy) is 1. The van der Waals surface area contributed by atoms with Crippen molar-refractivity contribution in [2.75, 3.05) is 13.2 Å². The summed E-state index contributed by atoms with van der Waals surface area (Å²) in [5, 5.41) is 2.82. The monoisotopic (exact) mass is 369 g/mol. The average molecular weight is 369 g/mol. The van der Waals surface area contributed by atoms with Crippen LogP contribution in [0.15, 0.2) is 53.2 Å². The molecule has 0 aromatic heterocycles. The average Bonchev–Trinajstić information content (AvgIpc) is 2.72. The molecular weight excluding hydrogens is 342 g/mol. The zero-order valence-corrected chi connectivity index (χ0v) is 15.9. The minimum absolute atomic E-state index is 0.0156. The minimum atomic E-state index is -0.423. The Bertz CT molecular complexity index is 721. The Morgan fingerprint density at radius 3 is 2.70 bits per heavy atom. The molecule has 1 atom stereocenters. The first kappa shape index (κ1) is 20.7. The van der Waals surface area contributed by atoms with Crippen LogP contribution in [-0.2, 0) is 9.53 Å². The van der Waals surface area contributed by atoms with Crippen molar-refractivity contribution in [1.82, 2.24) is 0 Å². The van der Waals surface area contributed by atoms with Crippen LogP contribution in [-0.4, -0.2) is 24.9 Å². The van der Waals surface area contributed by atoms with Crippen LogP contribution in [0.5, 0.6) is 0 Å². The molecule has 5 nitrogen and oxygen atoms in total. The number of benzene rings is 1. The highest BCUT2D eigenvalue weighted by Crippen LogP contribution is 2.21. The molecule has 0 saturated carbocycles. The molecular formula is C22H27NO4. The van der Waals surface area contributed by atoms with Gasteiger partial charge in [-0.3, -0.25) is 9.59 Å². The fourth-order valence-electron chi connectivity index (χ4n) is 2.96. The molecule has 0 spiro atoms. The fraction of sp³-hybridized carbons (Fsp3) is 0.455. The molecule has 0 amide bonds. The van der Waals surface area contributed by atoms with E-state index in [1.165, 1.54) is 0 Å². The normalized spacial score (nSPS) is 14.3. The Hall–Kier alpha value is -2.56. The quantitative estimate of drug-likeness (QED) is 0.235. The first-order chi connectivity index (χ1) is 13.1. The number of hydrogen-bond donors (Lipinski definition) is 0. The Morgan fingerprint density at radius 1 is 1.15 bits per heavy atom. The smallest absolute Gasteiger partial charge is 0.313 e. The van der Waals surface area contributed by atoms with Gasteiger partial charge in [-0.2, -0.15) is 4.91 Å². The Kier molecular flexibility index (Phi) is 8.62. The summed E-state index contributed by atoms with van der Waals surface area (Å²) in [5.41, 5.74) is 2.08. The van der Waals surface area contributed by atoms with Crippen molar-refractivity contribution in [2.45, 2.75) is 51.4 Å². The molecule has 1 aliphatic carbocycles. The number of ketones is 1. The molecule has 1 aliphatic rings. The molecule has 144 valence electrons. The van der Waals surface area contributed by atoms with E-state index in [1.54, 1.807) is 25.1 Å². The van der Waals surface area contributed by atoms with Crippen molar-refractivity contribution in [2.24, 2.45) is 5.18 Å². The summed E-state index contributed by atoms with van der Waals surface area (Å²) >= 11 is 0. The Balaban J connectivity index is 1.86. The van der Waals surface area contributed by atoms with Crippen LogP contribution in [0.1, 0.15) is 67.3 Å². The second-order valence-electron chi connectivity index (χ2n) is 6.75. The summed E-state index contributed by atoms with van der Waals surface area (Å²) in [6, 6.07) is 7.21. The highest BCUT2D eigenvalue weighted by atomic mass is 16.5. The van der Waals surface area contributed by atoms with Crippen LogP contribution in [0.4, 0.5) is 0 Å². The van der Waals surface area contributed by atoms with Gasteiger partial charge in [-0.05, 0) is 50.7 Å². The number of allylic oxidation sites excluding steroid dienone is 4. The summed E-state index contributed by atoms with van der Waals surface area (Å²) in [6.45, 7) is 2.51. The van der Waals surface area contributed by atoms with Gasteiger partial charge in [-0.25, -0.2) is 0 Å². The third kappa shape index (κ3) is 6.59. The second-order valence-corrected chi connectivity index (χ2v) is 6.75. The summed E-state index contributed by atoms with van der Waals surface area (Å²) in [6.07, 6.45) is 11.0. The molecule has 0 bridgehead atoms. The van der Waals surface area contributed by atoms with Crippen molar-refractivity contribution in [3.8, 4) is 0 Å². The summed E-state index contributed by atoms with van der Waals surface area (Å²) in [7, 11) is 0. The van der Waals surface area contributed by atoms with Crippen molar-refractivity contribution in [3.05, 3.63) is 64.1 Å². The third-order valence-corrected chi connectivity index (χ3v) is 4.65. The lowest BCUT2D eigenvalue weighted by molar-refractivity contribution is -0.145. The first-order valence-electron chi connectivity index (χ1n) is 9.60. The van der Waals surface area contributed by atoms with E-state index in [0.29, 0.717) is 24.3 Å². The van der Waals surface area contributed by atoms with Gasteiger partial charge in [0, 0.05) is 11.1 Å². The van der Waals surface area contributed by atoms with Crippen molar-refractivity contribution >= 4 is 11.8 Å². The third-order valence-electron chi connectivity index (χ3n) is 4.65. The highest BCUT2D eigenvalue weighted by molar-refractivity contribution is 6.10. The molecule has 0 aliphatic heterocycles. The maximum atomic E-state index is 12.6. The maximum Gasteiger partial charge on any atom is 0.313 e. The van der Waals surface area contributed by atoms with Crippen LogP contribution in [0.2, 0.25) is 0 Å². The molecule has 5 heteroatoms. The predicted octanol–water partition coefficient (Wildman–Crippen LogP) is 5.12. The standard InChI is InChI=1S/C22H27NO4/c1-17(22(25)27-15-8-3-2-7-14-23-26)19-12-9-13-20(16-19)21(24)18-10-5-4-6-11-18/h5,9-13,16-17H,2-4,6-8,14-15H2,1H3. The Morgan fingerprint density at radius 2 is 1.96 bits per heavy atom. The number of hydrogen-bond acceptors (Lipinski definition) is 5. The van der Waals surface area contributed by atoms with Crippen molar-refractivity contribution in [3.63, 3.8) is 0 Å². The zero-order valence-electron chi connectivity index (χ0n) is 15.9. The summed E-state index contributed by atoms with van der Waals surface area (Å²) < 4.78 is 5.35. The van der Waals surface area contributed by atoms with Gasteiger partial charge in [0.05, 0.1) is 19.1 Å². The van der Waals surface area contributed by atoms with E-state index in [0.717, 1.165) is 44.1 Å². The van der Waals surface area contributed by atoms with E-state index >= 15 is 0 Å². The number of nitrogens with zero attached hydrogens (tertiary/aromatic N) is 1. The number of nitroso groups, excluding NO2 is 1. The van der Waals surface area contributed by atoms with E-state index in [9.17, 15) is 14.5 Å². The number of unbranched alkanes of at least 4 members (excludes halogenated alkanes) is 3. The topological polar surface area (TPSA) is 72.8 Å². The van der Waals surface area contributed by atoms with Gasteiger partial charge in [0.1, 0.15) is 0 Å². The summed E-state index contributed by atoms with van der Waals surface area (Å²) in [5.74, 6) is -0.725. The fourth-order valence-corrected chi connectivity index (χ4v) is 2.96. The largest absolute Gasteiger partial charge is 0.465 e. The van der Waals surface area contributed by atoms with Gasteiger partial charge in [0.15, 0.2) is 5.78 Å². The van der Waals surface area contributed by atoms with Crippen LogP contribution in [0, 0.1) is 4.91 Å². The first-order valence-corrected chi connectivity index (χ1v) is 9.60. The molecule has 0 saturated heterocycles. The maximum absolute atomic E-state index is 12.6. The summed E-state index contributed by atoms with van der Waals surface area (Å²) in [4.78, 5) is 34.9. The van der Waals surface area contributed by atoms with E-state index in [4.69, 9.17) is 4.74 Å². The number of Topliss-reactive ketones (excluding diaryl/α,β-unsaturated/α-hetero) is 1. The van der Waals surface area contributed by atoms with Gasteiger partial charge in [0.2, 0.25) is 0 Å². The highest BCUT2D eigenvalue weighted by Gasteiger charge is 2.19. The van der Waals surface area contributed by atoms with Crippen molar-refractivity contribution < 1.29 is 14.3 Å². The molecule has 0 fully saturated rings. The molecule has 1 aromatic carbocycles. The van der Waals surface area contributed by atoms with Gasteiger partial charge in [-0.15, -0.1) is 0 Å². The molecule has 27 heavy (non-hydrogen) atoms. The van der Waals surface area contributed by atoms with Gasteiger partial charge < -0.3 is 4.74 Å². The van der Waals surface area contributed by atoms with Crippen LogP contribution >= 0.6 is 0 Å². The predicted molar refractivity (Wildman–Crippen MR) is 106 cm³/mol. The number of esters is 1. The van der Waals surface area contributed by atoms with Crippen molar-refractivity contribution in [1.29, 1.82) is 0 Å². The lowest BCUT2D eigenvalue weighted by Gasteiger charge is -2.13. The molecule has 0 radical (unpaired) electrons. The minimum Gasteiger partial charge on any atom is -0.465 e. The molecule has 0 N–H and O–H groups in total. The SMILES string of the molecule is CC(C(=O)OCCCCCCN=O)c1cccc(C(=O)C2=CCCC=C2)c1. The lowest BCUT2D eigenvalue weighted by atomic mass is 9.94. The van der Waals surface area contributed by atoms with Gasteiger partial charge >= 0.3 is 5.97 Å². The van der Waals surface area contributed by atoms with Crippen LogP contribution < -0.4 is 0 Å². The zero-order chi connectivity index (χ0) is 19.5.